The van der Waals surface area contributed by atoms with E-state index in [9.17, 15) is 4.79 Å². The van der Waals surface area contributed by atoms with Crippen LogP contribution in [-0.2, 0) is 14.9 Å². The van der Waals surface area contributed by atoms with Crippen LogP contribution in [0.3, 0.4) is 0 Å². The summed E-state index contributed by atoms with van der Waals surface area (Å²) in [6.45, 7) is 4.29. The van der Waals surface area contributed by atoms with Crippen LogP contribution in [0.5, 0.6) is 0 Å². The summed E-state index contributed by atoms with van der Waals surface area (Å²) in [5.41, 5.74) is 4.44. The van der Waals surface area contributed by atoms with Gasteiger partial charge in [0.1, 0.15) is 0 Å². The molecule has 1 aliphatic heterocycles. The highest BCUT2D eigenvalue weighted by atomic mass is 16.5. The minimum atomic E-state index is -0.0894. The SMILES string of the molecule is COC(=O)CC1CC2(CCNCC2)c2ccc(C)cc21. The second-order valence-corrected chi connectivity index (χ2v) is 6.30. The predicted octanol–water partition coefficient (Wildman–Crippen LogP) is 2.67. The van der Waals surface area contributed by atoms with Crippen molar-refractivity contribution in [2.75, 3.05) is 20.2 Å². The van der Waals surface area contributed by atoms with Gasteiger partial charge in [-0.3, -0.25) is 4.79 Å². The molecule has 1 unspecified atom stereocenters. The molecule has 1 atom stereocenters. The number of nitrogens with one attached hydrogen (secondary N) is 1. The Kier molecular flexibility index (Phi) is 3.55. The number of piperidine rings is 1. The number of hydrogen-bond donors (Lipinski definition) is 1. The highest BCUT2D eigenvalue weighted by Gasteiger charge is 2.44. The van der Waals surface area contributed by atoms with Crippen molar-refractivity contribution in [2.45, 2.75) is 43.9 Å². The third-order valence-electron chi connectivity index (χ3n) is 5.06. The van der Waals surface area contributed by atoms with E-state index in [1.165, 1.54) is 36.6 Å². The summed E-state index contributed by atoms with van der Waals surface area (Å²) in [4.78, 5) is 11.7. The average molecular weight is 273 g/mol. The summed E-state index contributed by atoms with van der Waals surface area (Å²) in [5.74, 6) is 0.240. The Labute approximate surface area is 120 Å². The van der Waals surface area contributed by atoms with E-state index in [4.69, 9.17) is 4.74 Å². The summed E-state index contributed by atoms with van der Waals surface area (Å²) in [6.07, 6.45) is 3.98. The fraction of sp³-hybridized carbons (Fsp3) is 0.588. The molecule has 1 saturated heterocycles. The first kappa shape index (κ1) is 13.6. The minimum absolute atomic E-state index is 0.0894. The normalized spacial score (nSPS) is 23.6. The topological polar surface area (TPSA) is 38.3 Å². The zero-order valence-electron chi connectivity index (χ0n) is 12.4. The molecule has 0 saturated carbocycles. The minimum Gasteiger partial charge on any atom is -0.469 e. The largest absolute Gasteiger partial charge is 0.469 e. The number of benzene rings is 1. The van der Waals surface area contributed by atoms with Crippen LogP contribution in [0.1, 0.15) is 48.3 Å². The third kappa shape index (κ3) is 2.24. The van der Waals surface area contributed by atoms with E-state index in [2.05, 4.69) is 30.4 Å². The lowest BCUT2D eigenvalue weighted by molar-refractivity contribution is -0.141. The maximum atomic E-state index is 11.7. The van der Waals surface area contributed by atoms with Crippen LogP contribution in [0.25, 0.3) is 0 Å². The molecule has 0 radical (unpaired) electrons. The molecule has 1 aromatic carbocycles. The Morgan fingerprint density at radius 1 is 1.40 bits per heavy atom. The maximum absolute atomic E-state index is 11.7. The van der Waals surface area contributed by atoms with Gasteiger partial charge < -0.3 is 10.1 Å². The van der Waals surface area contributed by atoms with Gasteiger partial charge in [0.15, 0.2) is 0 Å². The van der Waals surface area contributed by atoms with E-state index >= 15 is 0 Å². The van der Waals surface area contributed by atoms with Crippen molar-refractivity contribution in [2.24, 2.45) is 0 Å². The molecule has 1 spiro atoms. The molecule has 0 amide bonds. The van der Waals surface area contributed by atoms with Gasteiger partial charge >= 0.3 is 5.97 Å². The molecule has 1 aromatic rings. The number of fused-ring (bicyclic) bond motifs is 2. The number of carbonyl (C=O) groups excluding carboxylic acids is 1. The van der Waals surface area contributed by atoms with Crippen molar-refractivity contribution < 1.29 is 9.53 Å². The van der Waals surface area contributed by atoms with Crippen LogP contribution < -0.4 is 5.32 Å². The molecule has 1 heterocycles. The van der Waals surface area contributed by atoms with E-state index in [0.717, 1.165) is 19.5 Å². The van der Waals surface area contributed by atoms with Crippen LogP contribution in [0.15, 0.2) is 18.2 Å². The lowest BCUT2D eigenvalue weighted by Crippen LogP contribution is -2.38. The van der Waals surface area contributed by atoms with E-state index in [1.807, 2.05) is 0 Å². The summed E-state index contributed by atoms with van der Waals surface area (Å²) in [6, 6.07) is 6.79. The van der Waals surface area contributed by atoms with E-state index < -0.39 is 0 Å². The van der Waals surface area contributed by atoms with Gasteiger partial charge in [0.05, 0.1) is 13.5 Å². The first-order valence-corrected chi connectivity index (χ1v) is 7.53. The zero-order chi connectivity index (χ0) is 14.2. The first-order chi connectivity index (χ1) is 9.64. The Morgan fingerprint density at radius 3 is 2.85 bits per heavy atom. The lowest BCUT2D eigenvalue weighted by atomic mass is 9.73. The predicted molar refractivity (Wildman–Crippen MR) is 79.0 cm³/mol. The second-order valence-electron chi connectivity index (χ2n) is 6.30. The quantitative estimate of drug-likeness (QED) is 0.842. The fourth-order valence-electron chi connectivity index (χ4n) is 4.04. The number of rotatable bonds is 2. The summed E-state index contributed by atoms with van der Waals surface area (Å²) < 4.78 is 4.88. The van der Waals surface area contributed by atoms with Gasteiger partial charge in [-0.2, -0.15) is 0 Å². The summed E-state index contributed by atoms with van der Waals surface area (Å²) in [5, 5.41) is 3.45. The monoisotopic (exact) mass is 273 g/mol. The van der Waals surface area contributed by atoms with Crippen LogP contribution in [0, 0.1) is 6.92 Å². The first-order valence-electron chi connectivity index (χ1n) is 7.53. The molecule has 3 heteroatoms. The Bertz CT molecular complexity index is 518. The van der Waals surface area contributed by atoms with Gasteiger partial charge in [-0.15, -0.1) is 0 Å². The highest BCUT2D eigenvalue weighted by molar-refractivity contribution is 5.71. The van der Waals surface area contributed by atoms with Crippen molar-refractivity contribution in [3.8, 4) is 0 Å². The molecule has 0 bridgehead atoms. The summed E-state index contributed by atoms with van der Waals surface area (Å²) in [7, 11) is 1.48. The van der Waals surface area contributed by atoms with E-state index in [0.29, 0.717) is 12.3 Å². The zero-order valence-corrected chi connectivity index (χ0v) is 12.4. The molecule has 2 aliphatic rings. The van der Waals surface area contributed by atoms with Gasteiger partial charge in [-0.25, -0.2) is 0 Å². The third-order valence-corrected chi connectivity index (χ3v) is 5.06. The second kappa shape index (κ2) is 5.21. The fourth-order valence-corrected chi connectivity index (χ4v) is 4.04. The van der Waals surface area contributed by atoms with E-state index in [-0.39, 0.29) is 11.4 Å². The van der Waals surface area contributed by atoms with Gasteiger partial charge in [0.2, 0.25) is 0 Å². The molecule has 1 N–H and O–H groups in total. The molecule has 3 nitrogen and oxygen atoms in total. The maximum Gasteiger partial charge on any atom is 0.306 e. The Balaban J connectivity index is 1.97. The van der Waals surface area contributed by atoms with Crippen LogP contribution in [0.2, 0.25) is 0 Å². The number of hydrogen-bond acceptors (Lipinski definition) is 3. The van der Waals surface area contributed by atoms with Crippen molar-refractivity contribution in [3.63, 3.8) is 0 Å². The van der Waals surface area contributed by atoms with Gasteiger partial charge in [0, 0.05) is 0 Å². The molecule has 1 fully saturated rings. The van der Waals surface area contributed by atoms with Crippen molar-refractivity contribution in [3.05, 3.63) is 34.9 Å². The smallest absolute Gasteiger partial charge is 0.306 e. The Morgan fingerprint density at radius 2 is 2.15 bits per heavy atom. The van der Waals surface area contributed by atoms with Crippen LogP contribution in [-0.4, -0.2) is 26.2 Å². The number of esters is 1. The molecule has 0 aromatic heterocycles. The van der Waals surface area contributed by atoms with Crippen LogP contribution in [0.4, 0.5) is 0 Å². The Hall–Kier alpha value is -1.35. The van der Waals surface area contributed by atoms with Crippen molar-refractivity contribution >= 4 is 5.97 Å². The number of methoxy groups -OCH3 is 1. The molecular weight excluding hydrogens is 250 g/mol. The van der Waals surface area contributed by atoms with Crippen molar-refractivity contribution in [1.29, 1.82) is 0 Å². The lowest BCUT2D eigenvalue weighted by Gasteiger charge is -2.35. The molecule has 1 aliphatic carbocycles. The molecule has 3 rings (SSSR count). The highest BCUT2D eigenvalue weighted by Crippen LogP contribution is 2.52. The van der Waals surface area contributed by atoms with E-state index in [1.54, 1.807) is 0 Å². The van der Waals surface area contributed by atoms with Gasteiger partial charge in [-0.05, 0) is 61.7 Å². The number of ether oxygens (including phenoxy) is 1. The molecule has 108 valence electrons. The average Bonchev–Trinajstić information content (AvgIpc) is 2.73. The molecule has 20 heavy (non-hydrogen) atoms. The van der Waals surface area contributed by atoms with Crippen molar-refractivity contribution in [1.82, 2.24) is 5.32 Å². The number of aryl methyl sites for hydroxylation is 1. The summed E-state index contributed by atoms with van der Waals surface area (Å²) >= 11 is 0. The van der Waals surface area contributed by atoms with Gasteiger partial charge in [-0.1, -0.05) is 23.8 Å². The standard InChI is InChI=1S/C17H23NO2/c1-12-3-4-15-14(9-12)13(10-16(19)20-2)11-17(15)5-7-18-8-6-17/h3-4,9,13,18H,5-8,10-11H2,1-2H3. The van der Waals surface area contributed by atoms with Crippen LogP contribution >= 0.6 is 0 Å². The number of carbonyl (C=O) groups is 1. The van der Waals surface area contributed by atoms with Gasteiger partial charge in [0.25, 0.3) is 0 Å². The molecular formula is C17H23NO2.